The second kappa shape index (κ2) is 2.70. The quantitative estimate of drug-likeness (QED) is 0.885. The first kappa shape index (κ1) is 9.59. The minimum absolute atomic E-state index is 0.0993. The third-order valence-electron chi connectivity index (χ3n) is 4.23. The van der Waals surface area contributed by atoms with E-state index in [0.717, 1.165) is 29.8 Å². The smallest absolute Gasteiger partial charge is 0.309 e. The molecule has 1 aromatic carbocycles. The number of thiazole rings is 1. The van der Waals surface area contributed by atoms with Gasteiger partial charge in [-0.25, -0.2) is 4.98 Å². The standard InChI is InChI=1S/C13H11NO2S/c15-11(16)13-5-12(6-13,7-13)10-14-8-3-1-2-4-9(8)17-10/h1-4H,5-7H2,(H,15,16). The van der Waals surface area contributed by atoms with Crippen molar-refractivity contribution in [2.45, 2.75) is 24.7 Å². The predicted molar refractivity (Wildman–Crippen MR) is 65.2 cm³/mol. The van der Waals surface area contributed by atoms with E-state index in [9.17, 15) is 4.79 Å². The lowest BCUT2D eigenvalue weighted by atomic mass is 9.35. The van der Waals surface area contributed by atoms with E-state index in [1.807, 2.05) is 18.2 Å². The number of benzene rings is 1. The zero-order chi connectivity index (χ0) is 11.7. The van der Waals surface area contributed by atoms with Crippen LogP contribution in [0.3, 0.4) is 0 Å². The van der Waals surface area contributed by atoms with E-state index in [2.05, 4.69) is 11.1 Å². The molecule has 17 heavy (non-hydrogen) atoms. The van der Waals surface area contributed by atoms with Crippen LogP contribution in [0.25, 0.3) is 10.2 Å². The molecule has 0 radical (unpaired) electrons. The number of para-hydroxylation sites is 1. The second-order valence-corrected chi connectivity index (χ2v) is 6.41. The summed E-state index contributed by atoms with van der Waals surface area (Å²) >= 11 is 1.72. The summed E-state index contributed by atoms with van der Waals surface area (Å²) in [5.41, 5.74) is 0.738. The van der Waals surface area contributed by atoms with Gasteiger partial charge in [0.2, 0.25) is 0 Å². The number of nitrogens with zero attached hydrogens (tertiary/aromatic N) is 1. The van der Waals surface area contributed by atoms with Gasteiger partial charge in [-0.2, -0.15) is 0 Å². The van der Waals surface area contributed by atoms with Gasteiger partial charge in [-0.3, -0.25) is 4.79 Å². The molecular formula is C13H11NO2S. The molecule has 2 aromatic rings. The molecule has 0 amide bonds. The Labute approximate surface area is 102 Å². The van der Waals surface area contributed by atoms with Crippen molar-refractivity contribution in [1.82, 2.24) is 4.98 Å². The molecule has 0 saturated heterocycles. The fraction of sp³-hybridized carbons (Fsp3) is 0.385. The molecule has 1 N–H and O–H groups in total. The molecule has 2 bridgehead atoms. The number of carbonyl (C=O) groups is 1. The van der Waals surface area contributed by atoms with Gasteiger partial charge >= 0.3 is 5.97 Å². The molecule has 1 aromatic heterocycles. The third kappa shape index (κ3) is 1.02. The van der Waals surface area contributed by atoms with E-state index < -0.39 is 11.4 Å². The Bertz CT molecular complexity index is 593. The number of hydrogen-bond acceptors (Lipinski definition) is 3. The number of rotatable bonds is 2. The number of carboxylic acid groups (broad SMARTS) is 1. The van der Waals surface area contributed by atoms with Crippen molar-refractivity contribution in [3.8, 4) is 0 Å². The minimum atomic E-state index is -0.625. The highest BCUT2D eigenvalue weighted by atomic mass is 32.1. The maximum absolute atomic E-state index is 11.1. The molecule has 1 heterocycles. The largest absolute Gasteiger partial charge is 0.481 e. The van der Waals surface area contributed by atoms with Crippen LogP contribution in [0.4, 0.5) is 0 Å². The topological polar surface area (TPSA) is 50.2 Å². The van der Waals surface area contributed by atoms with Gasteiger partial charge in [0.1, 0.15) is 5.01 Å². The van der Waals surface area contributed by atoms with Crippen LogP contribution in [0.15, 0.2) is 24.3 Å². The highest BCUT2D eigenvalue weighted by molar-refractivity contribution is 7.18. The van der Waals surface area contributed by atoms with E-state index >= 15 is 0 Å². The number of hydrogen-bond donors (Lipinski definition) is 1. The van der Waals surface area contributed by atoms with Crippen LogP contribution in [0.2, 0.25) is 0 Å². The van der Waals surface area contributed by atoms with Gasteiger partial charge in [0.25, 0.3) is 0 Å². The highest BCUT2D eigenvalue weighted by Crippen LogP contribution is 2.74. The fourth-order valence-electron chi connectivity index (χ4n) is 3.34. The molecule has 3 aliphatic carbocycles. The first-order valence-corrected chi connectivity index (χ1v) is 6.55. The van der Waals surface area contributed by atoms with Gasteiger partial charge in [-0.1, -0.05) is 12.1 Å². The van der Waals surface area contributed by atoms with Crippen LogP contribution in [0.5, 0.6) is 0 Å². The second-order valence-electron chi connectivity index (χ2n) is 5.38. The zero-order valence-corrected chi connectivity index (χ0v) is 9.96. The molecule has 3 fully saturated rings. The summed E-state index contributed by atoms with van der Waals surface area (Å²) in [6.45, 7) is 0. The Balaban J connectivity index is 1.72. The Morgan fingerprint density at radius 2 is 2.00 bits per heavy atom. The first-order chi connectivity index (χ1) is 8.14. The first-order valence-electron chi connectivity index (χ1n) is 5.73. The molecule has 0 spiro atoms. The summed E-state index contributed by atoms with van der Waals surface area (Å²) in [6.07, 6.45) is 2.36. The summed E-state index contributed by atoms with van der Waals surface area (Å²) in [5, 5.41) is 10.3. The lowest BCUT2D eigenvalue weighted by Gasteiger charge is -2.67. The van der Waals surface area contributed by atoms with Gasteiger partial charge in [0, 0.05) is 5.41 Å². The van der Waals surface area contributed by atoms with E-state index in [0.29, 0.717) is 0 Å². The Kier molecular flexibility index (Phi) is 1.52. The van der Waals surface area contributed by atoms with E-state index in [-0.39, 0.29) is 5.41 Å². The fourth-order valence-corrected chi connectivity index (χ4v) is 4.49. The van der Waals surface area contributed by atoms with Crippen molar-refractivity contribution in [2.75, 3.05) is 0 Å². The third-order valence-corrected chi connectivity index (χ3v) is 5.51. The summed E-state index contributed by atoms with van der Waals surface area (Å²) < 4.78 is 1.21. The van der Waals surface area contributed by atoms with Crippen molar-refractivity contribution in [3.05, 3.63) is 29.3 Å². The lowest BCUT2D eigenvalue weighted by Crippen LogP contribution is -2.67. The average Bonchev–Trinajstić information content (AvgIpc) is 2.55. The van der Waals surface area contributed by atoms with Crippen molar-refractivity contribution in [3.63, 3.8) is 0 Å². The lowest BCUT2D eigenvalue weighted by molar-refractivity contribution is -0.194. The van der Waals surface area contributed by atoms with Crippen LogP contribution in [-0.4, -0.2) is 16.1 Å². The van der Waals surface area contributed by atoms with Crippen LogP contribution in [0, 0.1) is 5.41 Å². The number of fused-ring (bicyclic) bond motifs is 1. The summed E-state index contributed by atoms with van der Waals surface area (Å²) in [4.78, 5) is 15.7. The minimum Gasteiger partial charge on any atom is -0.481 e. The van der Waals surface area contributed by atoms with Gasteiger partial charge in [-0.05, 0) is 31.4 Å². The van der Waals surface area contributed by atoms with Crippen molar-refractivity contribution in [2.24, 2.45) is 5.41 Å². The van der Waals surface area contributed by atoms with Gasteiger partial charge < -0.3 is 5.11 Å². The molecule has 0 aliphatic heterocycles. The monoisotopic (exact) mass is 245 g/mol. The number of aromatic nitrogens is 1. The SMILES string of the molecule is O=C(O)C12CC(c3nc4ccccc4s3)(C1)C2. The Morgan fingerprint density at radius 3 is 2.65 bits per heavy atom. The van der Waals surface area contributed by atoms with Gasteiger partial charge in [0.05, 0.1) is 15.6 Å². The van der Waals surface area contributed by atoms with Crippen LogP contribution < -0.4 is 0 Å². The van der Waals surface area contributed by atoms with Crippen molar-refractivity contribution in [1.29, 1.82) is 0 Å². The normalized spacial score (nSPS) is 34.1. The molecular weight excluding hydrogens is 234 g/mol. The molecule has 4 heteroatoms. The molecule has 3 saturated carbocycles. The molecule has 3 aliphatic rings. The Morgan fingerprint density at radius 1 is 1.29 bits per heavy atom. The van der Waals surface area contributed by atoms with E-state index in [1.165, 1.54) is 4.70 Å². The summed E-state index contributed by atoms with van der Waals surface area (Å²) in [7, 11) is 0. The van der Waals surface area contributed by atoms with Crippen molar-refractivity contribution >= 4 is 27.5 Å². The molecule has 5 rings (SSSR count). The van der Waals surface area contributed by atoms with E-state index in [1.54, 1.807) is 11.3 Å². The maximum Gasteiger partial charge on any atom is 0.309 e. The predicted octanol–water partition coefficient (Wildman–Crippen LogP) is 2.80. The number of aliphatic carboxylic acids is 1. The van der Waals surface area contributed by atoms with Crippen LogP contribution in [-0.2, 0) is 10.2 Å². The maximum atomic E-state index is 11.1. The summed E-state index contributed by atoms with van der Waals surface area (Å²) in [5.74, 6) is -0.625. The van der Waals surface area contributed by atoms with Gasteiger partial charge in [-0.15, -0.1) is 11.3 Å². The average molecular weight is 245 g/mol. The van der Waals surface area contributed by atoms with Crippen molar-refractivity contribution < 1.29 is 9.90 Å². The van der Waals surface area contributed by atoms with Crippen LogP contribution >= 0.6 is 11.3 Å². The molecule has 0 unspecified atom stereocenters. The highest BCUT2D eigenvalue weighted by Gasteiger charge is 2.73. The molecule has 86 valence electrons. The van der Waals surface area contributed by atoms with Crippen LogP contribution in [0.1, 0.15) is 24.3 Å². The van der Waals surface area contributed by atoms with E-state index in [4.69, 9.17) is 5.11 Å². The molecule has 3 nitrogen and oxygen atoms in total. The van der Waals surface area contributed by atoms with Gasteiger partial charge in [0.15, 0.2) is 0 Å². The molecule has 0 atom stereocenters. The Hall–Kier alpha value is -1.42. The zero-order valence-electron chi connectivity index (χ0n) is 9.14. The number of carboxylic acids is 1. The summed E-state index contributed by atoms with van der Waals surface area (Å²) in [6, 6.07) is 8.11.